The summed E-state index contributed by atoms with van der Waals surface area (Å²) < 4.78 is 26.9. The fraction of sp³-hybridized carbons (Fsp3) is 0.450. The molecule has 1 aromatic carbocycles. The Hall–Kier alpha value is -2.74. The molecular formula is C20H24FN3O4. The number of nitrogen functional groups attached to an aromatic ring is 1. The van der Waals surface area contributed by atoms with Gasteiger partial charge in [0.1, 0.15) is 0 Å². The van der Waals surface area contributed by atoms with Crippen molar-refractivity contribution in [3.8, 4) is 0 Å². The van der Waals surface area contributed by atoms with Crippen molar-refractivity contribution in [2.45, 2.75) is 52.0 Å². The van der Waals surface area contributed by atoms with Gasteiger partial charge in [0.05, 0.1) is 17.9 Å². The van der Waals surface area contributed by atoms with E-state index in [1.807, 2.05) is 20.8 Å². The second kappa shape index (κ2) is 7.71. The molecule has 1 saturated heterocycles. The molecule has 1 fully saturated rings. The van der Waals surface area contributed by atoms with Gasteiger partial charge in [-0.2, -0.15) is 4.98 Å². The minimum absolute atomic E-state index is 0.288. The zero-order valence-electron chi connectivity index (χ0n) is 16.1. The monoisotopic (exact) mass is 389 g/mol. The number of nitrogens with zero attached hydrogens (tertiary/aromatic N) is 2. The number of rotatable bonds is 5. The van der Waals surface area contributed by atoms with Crippen molar-refractivity contribution in [3.05, 3.63) is 58.4 Å². The number of hydrogen-bond donors (Lipinski definition) is 1. The van der Waals surface area contributed by atoms with Crippen molar-refractivity contribution in [2.24, 2.45) is 5.41 Å². The van der Waals surface area contributed by atoms with Crippen LogP contribution in [-0.4, -0.2) is 27.7 Å². The van der Waals surface area contributed by atoms with Gasteiger partial charge in [0.2, 0.25) is 0 Å². The van der Waals surface area contributed by atoms with E-state index in [0.29, 0.717) is 18.4 Å². The number of halogens is 1. The van der Waals surface area contributed by atoms with Crippen molar-refractivity contribution in [1.82, 2.24) is 9.55 Å². The summed E-state index contributed by atoms with van der Waals surface area (Å²) in [4.78, 5) is 28.6. The lowest BCUT2D eigenvalue weighted by Gasteiger charge is -2.33. The number of aromatic nitrogens is 2. The molecule has 0 saturated carbocycles. The lowest BCUT2D eigenvalue weighted by molar-refractivity contribution is -0.0521. The van der Waals surface area contributed by atoms with Crippen molar-refractivity contribution in [1.29, 1.82) is 0 Å². The van der Waals surface area contributed by atoms with Gasteiger partial charge in [-0.25, -0.2) is 14.0 Å². The van der Waals surface area contributed by atoms with Gasteiger partial charge in [-0.15, -0.1) is 0 Å². The van der Waals surface area contributed by atoms with Crippen LogP contribution in [0.4, 0.5) is 10.2 Å². The van der Waals surface area contributed by atoms with Gasteiger partial charge in [-0.05, 0) is 25.0 Å². The number of carbonyl (C=O) groups is 1. The highest BCUT2D eigenvalue weighted by atomic mass is 19.1. The van der Waals surface area contributed by atoms with Gasteiger partial charge >= 0.3 is 11.7 Å². The molecule has 4 atom stereocenters. The molecule has 2 heterocycles. The largest absolute Gasteiger partial charge is 0.453 e. The molecule has 4 unspecified atom stereocenters. The molecule has 3 rings (SSSR count). The molecule has 2 aromatic rings. The predicted octanol–water partition coefficient (Wildman–Crippen LogP) is 2.91. The van der Waals surface area contributed by atoms with Crippen LogP contribution in [0, 0.1) is 11.2 Å². The maximum atomic E-state index is 14.0. The summed E-state index contributed by atoms with van der Waals surface area (Å²) in [6.07, 6.45) is 0.125. The summed E-state index contributed by atoms with van der Waals surface area (Å²) >= 11 is 0. The Morgan fingerprint density at radius 2 is 2.04 bits per heavy atom. The topological polar surface area (TPSA) is 96.4 Å². The molecule has 1 aliphatic heterocycles. The van der Waals surface area contributed by atoms with Crippen LogP contribution in [0.3, 0.4) is 0 Å². The molecular weight excluding hydrogens is 365 g/mol. The molecule has 28 heavy (non-hydrogen) atoms. The van der Waals surface area contributed by atoms with Crippen LogP contribution < -0.4 is 11.4 Å². The third kappa shape index (κ3) is 3.40. The highest BCUT2D eigenvalue weighted by Crippen LogP contribution is 2.48. The van der Waals surface area contributed by atoms with Gasteiger partial charge in [-0.3, -0.25) is 4.57 Å². The van der Waals surface area contributed by atoms with Gasteiger partial charge in [0.15, 0.2) is 24.0 Å². The highest BCUT2D eigenvalue weighted by Gasteiger charge is 2.55. The van der Waals surface area contributed by atoms with Crippen molar-refractivity contribution in [3.63, 3.8) is 0 Å². The van der Waals surface area contributed by atoms with Crippen LogP contribution in [0.15, 0.2) is 41.3 Å². The summed E-state index contributed by atoms with van der Waals surface area (Å²) in [5.74, 6) is -1.86. The molecule has 1 aliphatic rings. The standard InChI is InChI=1S/C20H24FN3O4/c1-4-14-20(3,5-2)15(28-18(25)12-9-7-6-8-10-12)17(27-14)24-11-13(21)16(22)23-19(24)26/h6-11,14-15,17H,4-5H2,1-3H3,(H2,22,23,26). The number of esters is 1. The average molecular weight is 389 g/mol. The summed E-state index contributed by atoms with van der Waals surface area (Å²) in [5, 5.41) is 0. The van der Waals surface area contributed by atoms with Crippen molar-refractivity contribution >= 4 is 11.8 Å². The molecule has 2 N–H and O–H groups in total. The number of hydrogen-bond acceptors (Lipinski definition) is 6. The molecule has 0 amide bonds. The first-order chi connectivity index (χ1) is 13.3. The first-order valence-corrected chi connectivity index (χ1v) is 9.27. The van der Waals surface area contributed by atoms with E-state index in [4.69, 9.17) is 15.2 Å². The second-order valence-corrected chi connectivity index (χ2v) is 7.14. The minimum atomic E-state index is -1.00. The second-order valence-electron chi connectivity index (χ2n) is 7.14. The Balaban J connectivity index is 2.03. The highest BCUT2D eigenvalue weighted by molar-refractivity contribution is 5.89. The first kappa shape index (κ1) is 20.0. The number of carbonyl (C=O) groups excluding carboxylic acids is 1. The van der Waals surface area contributed by atoms with E-state index in [2.05, 4.69) is 4.98 Å². The van der Waals surface area contributed by atoms with Crippen molar-refractivity contribution < 1.29 is 18.7 Å². The van der Waals surface area contributed by atoms with E-state index in [1.54, 1.807) is 30.3 Å². The zero-order chi connectivity index (χ0) is 20.5. The van der Waals surface area contributed by atoms with E-state index in [9.17, 15) is 14.0 Å². The van der Waals surface area contributed by atoms with Crippen LogP contribution in [-0.2, 0) is 9.47 Å². The molecule has 0 spiro atoms. The molecule has 0 radical (unpaired) electrons. The number of nitrogens with two attached hydrogens (primary N) is 1. The molecule has 1 aromatic heterocycles. The van der Waals surface area contributed by atoms with Gasteiger partial charge < -0.3 is 15.2 Å². The van der Waals surface area contributed by atoms with Crippen LogP contribution in [0.25, 0.3) is 0 Å². The molecule has 8 heteroatoms. The predicted molar refractivity (Wildman–Crippen MR) is 101 cm³/mol. The third-order valence-corrected chi connectivity index (χ3v) is 5.53. The zero-order valence-corrected chi connectivity index (χ0v) is 16.1. The Bertz CT molecular complexity index is 917. The van der Waals surface area contributed by atoms with E-state index in [-0.39, 0.29) is 6.10 Å². The van der Waals surface area contributed by atoms with E-state index < -0.39 is 41.0 Å². The summed E-state index contributed by atoms with van der Waals surface area (Å²) in [7, 11) is 0. The molecule has 7 nitrogen and oxygen atoms in total. The van der Waals surface area contributed by atoms with Crippen LogP contribution in [0.5, 0.6) is 0 Å². The van der Waals surface area contributed by atoms with Gasteiger partial charge in [0.25, 0.3) is 0 Å². The van der Waals surface area contributed by atoms with E-state index in [1.165, 1.54) is 0 Å². The summed E-state index contributed by atoms with van der Waals surface area (Å²) in [6.45, 7) is 5.85. The number of ether oxygens (including phenoxy) is 2. The molecule has 150 valence electrons. The third-order valence-electron chi connectivity index (χ3n) is 5.53. The lowest BCUT2D eigenvalue weighted by Crippen LogP contribution is -2.42. The van der Waals surface area contributed by atoms with Gasteiger partial charge in [0, 0.05) is 5.41 Å². The molecule has 0 bridgehead atoms. The summed E-state index contributed by atoms with van der Waals surface area (Å²) in [5.41, 5.74) is 4.44. The van der Waals surface area contributed by atoms with E-state index >= 15 is 0 Å². The minimum Gasteiger partial charge on any atom is -0.453 e. The van der Waals surface area contributed by atoms with Crippen LogP contribution >= 0.6 is 0 Å². The van der Waals surface area contributed by atoms with Crippen molar-refractivity contribution in [2.75, 3.05) is 5.73 Å². The van der Waals surface area contributed by atoms with E-state index in [0.717, 1.165) is 10.8 Å². The fourth-order valence-corrected chi connectivity index (χ4v) is 3.70. The fourth-order valence-electron chi connectivity index (χ4n) is 3.70. The number of benzene rings is 1. The maximum absolute atomic E-state index is 14.0. The quantitative estimate of drug-likeness (QED) is 0.790. The Kier molecular flexibility index (Phi) is 5.51. The van der Waals surface area contributed by atoms with Crippen LogP contribution in [0.2, 0.25) is 0 Å². The molecule has 0 aliphatic carbocycles. The normalized spacial score (nSPS) is 26.9. The Labute approximate surface area is 162 Å². The lowest BCUT2D eigenvalue weighted by atomic mass is 9.77. The van der Waals surface area contributed by atoms with Crippen LogP contribution in [0.1, 0.15) is 50.2 Å². The Morgan fingerprint density at radius 1 is 1.36 bits per heavy atom. The average Bonchev–Trinajstić information content (AvgIpc) is 2.97. The first-order valence-electron chi connectivity index (χ1n) is 9.27. The number of anilines is 1. The van der Waals surface area contributed by atoms with Gasteiger partial charge in [-0.1, -0.05) is 39.0 Å². The smallest absolute Gasteiger partial charge is 0.351 e. The Morgan fingerprint density at radius 3 is 2.64 bits per heavy atom. The SMILES string of the molecule is CCC1OC(n2cc(F)c(N)nc2=O)C(OC(=O)c2ccccc2)C1(C)CC. The maximum Gasteiger partial charge on any atom is 0.351 e. The summed E-state index contributed by atoms with van der Waals surface area (Å²) in [6, 6.07) is 8.55.